The van der Waals surface area contributed by atoms with Crippen LogP contribution in [0.4, 0.5) is 43.4 Å². The van der Waals surface area contributed by atoms with Crippen molar-refractivity contribution in [3.05, 3.63) is 102 Å². The predicted octanol–water partition coefficient (Wildman–Crippen LogP) is 7.97. The smallest absolute Gasteiger partial charge is 0.355 e. The minimum absolute atomic E-state index is 0.000208. The van der Waals surface area contributed by atoms with Crippen molar-refractivity contribution in [1.82, 2.24) is 15.0 Å². The highest BCUT2D eigenvalue weighted by molar-refractivity contribution is 6.05. The fourth-order valence-corrected chi connectivity index (χ4v) is 4.08. The Balaban J connectivity index is 1.47. The summed E-state index contributed by atoms with van der Waals surface area (Å²) in [6, 6.07) is 12.7. The summed E-state index contributed by atoms with van der Waals surface area (Å²) >= 11 is 0. The van der Waals surface area contributed by atoms with E-state index in [-0.39, 0.29) is 11.6 Å². The molecule has 204 valence electrons. The number of hydrogen-bond donors (Lipinski definition) is 3. The first kappa shape index (κ1) is 26.7. The predicted molar refractivity (Wildman–Crippen MR) is 138 cm³/mol. The number of amides is 1. The van der Waals surface area contributed by atoms with Gasteiger partial charge in [0, 0.05) is 46.5 Å². The van der Waals surface area contributed by atoms with E-state index in [0.29, 0.717) is 34.8 Å². The molecule has 0 radical (unpaired) electrons. The molecule has 12 heteroatoms. The largest absolute Gasteiger partial charge is 0.416 e. The molecule has 3 aromatic heterocycles. The third-order valence-electron chi connectivity index (χ3n) is 6.10. The monoisotopic (exact) mass is 555 g/mol. The molecule has 2 aromatic carbocycles. The summed E-state index contributed by atoms with van der Waals surface area (Å²) in [5.41, 5.74) is 0.213. The van der Waals surface area contributed by atoms with Crippen LogP contribution < -0.4 is 10.6 Å². The highest BCUT2D eigenvalue weighted by Gasteiger charge is 2.37. The summed E-state index contributed by atoms with van der Waals surface area (Å²) in [5.74, 6) is -0.881. The summed E-state index contributed by atoms with van der Waals surface area (Å²) in [6.45, 7) is 1.78. The molecule has 0 unspecified atom stereocenters. The van der Waals surface area contributed by atoms with Gasteiger partial charge in [-0.25, -0.2) is 4.98 Å². The van der Waals surface area contributed by atoms with Crippen molar-refractivity contribution in [2.45, 2.75) is 19.3 Å². The molecule has 40 heavy (non-hydrogen) atoms. The third kappa shape index (κ3) is 5.60. The van der Waals surface area contributed by atoms with E-state index in [4.69, 9.17) is 0 Å². The molecule has 1 amide bonds. The molecule has 0 aliphatic rings. The van der Waals surface area contributed by atoms with Crippen LogP contribution in [0, 0.1) is 6.92 Å². The number of nitrogens with one attached hydrogen (secondary N) is 3. The Kier molecular flexibility index (Phi) is 6.70. The lowest BCUT2D eigenvalue weighted by Gasteiger charge is -2.16. The van der Waals surface area contributed by atoms with Crippen molar-refractivity contribution in [1.29, 1.82) is 0 Å². The van der Waals surface area contributed by atoms with Crippen LogP contribution in [0.3, 0.4) is 0 Å². The lowest BCUT2D eigenvalue weighted by atomic mass is 10.1. The van der Waals surface area contributed by atoms with Crippen molar-refractivity contribution in [2.75, 3.05) is 10.6 Å². The van der Waals surface area contributed by atoms with E-state index in [1.165, 1.54) is 12.1 Å². The zero-order valence-electron chi connectivity index (χ0n) is 20.6. The summed E-state index contributed by atoms with van der Waals surface area (Å²) in [4.78, 5) is 24.7. The molecule has 0 spiro atoms. The highest BCUT2D eigenvalue weighted by Crippen LogP contribution is 2.38. The number of benzene rings is 2. The SMILES string of the molecule is Cc1ccc(C(=O)Nc2cc(C(F)(F)F)cc(C(F)(F)F)c2)cc1Nc1cc(-c2cccnc2)nc2[nH]ccc12. The van der Waals surface area contributed by atoms with Gasteiger partial charge in [0.15, 0.2) is 0 Å². The number of alkyl halides is 6. The van der Waals surface area contributed by atoms with Crippen molar-refractivity contribution in [2.24, 2.45) is 0 Å². The van der Waals surface area contributed by atoms with E-state index in [9.17, 15) is 31.1 Å². The number of fused-ring (bicyclic) bond motifs is 1. The number of rotatable bonds is 5. The van der Waals surface area contributed by atoms with Crippen LogP contribution >= 0.6 is 0 Å². The maximum absolute atomic E-state index is 13.2. The molecule has 5 aromatic rings. The van der Waals surface area contributed by atoms with Gasteiger partial charge in [-0.2, -0.15) is 26.3 Å². The molecule has 3 heterocycles. The Morgan fingerprint density at radius 2 is 1.60 bits per heavy atom. The van der Waals surface area contributed by atoms with Crippen molar-refractivity contribution < 1.29 is 31.1 Å². The number of aryl methyl sites for hydroxylation is 1. The fourth-order valence-electron chi connectivity index (χ4n) is 4.08. The molecule has 0 aliphatic carbocycles. The molecule has 0 bridgehead atoms. The van der Waals surface area contributed by atoms with Crippen LogP contribution in [0.25, 0.3) is 22.3 Å². The van der Waals surface area contributed by atoms with Gasteiger partial charge in [-0.05, 0) is 67.1 Å². The van der Waals surface area contributed by atoms with Crippen molar-refractivity contribution in [3.8, 4) is 11.3 Å². The quantitative estimate of drug-likeness (QED) is 0.192. The van der Waals surface area contributed by atoms with Crippen LogP contribution in [0.5, 0.6) is 0 Å². The van der Waals surface area contributed by atoms with E-state index in [0.717, 1.165) is 16.5 Å². The standard InChI is InChI=1S/C28H19F6N5O/c1-15-4-5-16(26(40)37-20-11-18(27(29,30)31)10-19(12-20)28(32,33)34)9-22(15)38-24-13-23(17-3-2-7-35-14-17)39-25-21(24)6-8-36-25/h2-14H,1H3,(H,37,40)(H2,36,38,39). The number of H-pyrrole nitrogens is 1. The first-order valence-corrected chi connectivity index (χ1v) is 11.8. The summed E-state index contributed by atoms with van der Waals surface area (Å²) in [7, 11) is 0. The molecule has 3 N–H and O–H groups in total. The van der Waals surface area contributed by atoms with Crippen LogP contribution in [0.1, 0.15) is 27.0 Å². The van der Waals surface area contributed by atoms with Gasteiger partial charge in [0.25, 0.3) is 5.91 Å². The second-order valence-electron chi connectivity index (χ2n) is 8.94. The van der Waals surface area contributed by atoms with Crippen LogP contribution in [-0.4, -0.2) is 20.9 Å². The maximum Gasteiger partial charge on any atom is 0.416 e. The zero-order valence-corrected chi connectivity index (χ0v) is 20.6. The van der Waals surface area contributed by atoms with E-state index in [2.05, 4.69) is 25.6 Å². The molecule has 0 atom stereocenters. The number of anilines is 3. The number of aromatic nitrogens is 3. The number of carbonyl (C=O) groups is 1. The third-order valence-corrected chi connectivity index (χ3v) is 6.10. The van der Waals surface area contributed by atoms with Crippen LogP contribution in [0.15, 0.2) is 79.3 Å². The van der Waals surface area contributed by atoms with Gasteiger partial charge in [-0.3, -0.25) is 9.78 Å². The van der Waals surface area contributed by atoms with Gasteiger partial charge in [-0.15, -0.1) is 0 Å². The summed E-state index contributed by atoms with van der Waals surface area (Å²) in [6.07, 6.45) is -5.06. The molecule has 0 saturated carbocycles. The first-order chi connectivity index (χ1) is 18.9. The van der Waals surface area contributed by atoms with E-state index in [1.807, 2.05) is 12.1 Å². The number of aromatic amines is 1. The second kappa shape index (κ2) is 10.0. The Labute approximate surface area is 223 Å². The number of hydrogen-bond acceptors (Lipinski definition) is 4. The Bertz CT molecular complexity index is 1680. The van der Waals surface area contributed by atoms with Gasteiger partial charge < -0.3 is 15.6 Å². The van der Waals surface area contributed by atoms with E-state index in [1.54, 1.807) is 43.7 Å². The second-order valence-corrected chi connectivity index (χ2v) is 8.94. The van der Waals surface area contributed by atoms with Gasteiger partial charge in [0.2, 0.25) is 0 Å². The number of nitrogens with zero attached hydrogens (tertiary/aromatic N) is 2. The minimum Gasteiger partial charge on any atom is -0.355 e. The number of carbonyl (C=O) groups excluding carboxylic acids is 1. The summed E-state index contributed by atoms with van der Waals surface area (Å²) in [5, 5.41) is 6.19. The molecule has 0 aliphatic heterocycles. The first-order valence-electron chi connectivity index (χ1n) is 11.8. The zero-order chi connectivity index (χ0) is 28.7. The molecular weight excluding hydrogens is 536 g/mol. The molecule has 5 rings (SSSR count). The van der Waals surface area contributed by atoms with Crippen molar-refractivity contribution >= 4 is 34.0 Å². The topological polar surface area (TPSA) is 82.7 Å². The molecular formula is C28H19F6N5O. The van der Waals surface area contributed by atoms with Gasteiger partial charge in [0.1, 0.15) is 5.65 Å². The van der Waals surface area contributed by atoms with Crippen LogP contribution in [0.2, 0.25) is 0 Å². The highest BCUT2D eigenvalue weighted by atomic mass is 19.4. The molecule has 6 nitrogen and oxygen atoms in total. The molecule has 0 saturated heterocycles. The Hall–Kier alpha value is -4.87. The van der Waals surface area contributed by atoms with Gasteiger partial charge in [-0.1, -0.05) is 6.07 Å². The van der Waals surface area contributed by atoms with Crippen LogP contribution in [-0.2, 0) is 12.4 Å². The van der Waals surface area contributed by atoms with Crippen molar-refractivity contribution in [3.63, 3.8) is 0 Å². The van der Waals surface area contributed by atoms with E-state index < -0.39 is 35.1 Å². The normalized spacial score (nSPS) is 12.0. The average molecular weight is 555 g/mol. The Morgan fingerprint density at radius 1 is 0.875 bits per heavy atom. The summed E-state index contributed by atoms with van der Waals surface area (Å²) < 4.78 is 79.4. The van der Waals surface area contributed by atoms with Gasteiger partial charge in [0.05, 0.1) is 22.5 Å². The van der Waals surface area contributed by atoms with E-state index >= 15 is 0 Å². The number of halogens is 6. The average Bonchev–Trinajstić information content (AvgIpc) is 3.38. The number of pyridine rings is 2. The minimum atomic E-state index is -5.04. The molecule has 0 fully saturated rings. The van der Waals surface area contributed by atoms with Gasteiger partial charge >= 0.3 is 12.4 Å². The fraction of sp³-hybridized carbons (Fsp3) is 0.107. The Morgan fingerprint density at radius 3 is 2.25 bits per heavy atom. The lowest BCUT2D eigenvalue weighted by molar-refractivity contribution is -0.143. The maximum atomic E-state index is 13.2. The lowest BCUT2D eigenvalue weighted by Crippen LogP contribution is -2.16.